The number of alkyl halides is 6. The van der Waals surface area contributed by atoms with Gasteiger partial charge in [-0.3, -0.25) is 9.88 Å². The Labute approximate surface area is 218 Å². The van der Waals surface area contributed by atoms with E-state index in [4.69, 9.17) is 0 Å². The molecular weight excluding hydrogens is 528 g/mol. The van der Waals surface area contributed by atoms with E-state index in [1.165, 1.54) is 36.5 Å². The van der Waals surface area contributed by atoms with Gasteiger partial charge in [0.05, 0.1) is 28.9 Å². The molecule has 2 aromatic carbocycles. The molecule has 0 atom stereocenters. The number of aromatic nitrogens is 3. The Morgan fingerprint density at radius 2 is 1.61 bits per heavy atom. The van der Waals surface area contributed by atoms with Crippen molar-refractivity contribution in [1.82, 2.24) is 19.9 Å². The summed E-state index contributed by atoms with van der Waals surface area (Å²) in [6, 6.07) is 11.4. The van der Waals surface area contributed by atoms with Crippen LogP contribution in [-0.2, 0) is 18.9 Å². The molecule has 0 spiro atoms. The molecule has 1 N–H and O–H groups in total. The highest BCUT2D eigenvalue weighted by Crippen LogP contribution is 2.37. The van der Waals surface area contributed by atoms with Crippen LogP contribution in [0.2, 0.25) is 0 Å². The van der Waals surface area contributed by atoms with Crippen LogP contribution < -0.4 is 5.32 Å². The van der Waals surface area contributed by atoms with Crippen molar-refractivity contribution in [2.45, 2.75) is 18.9 Å². The van der Waals surface area contributed by atoms with E-state index in [9.17, 15) is 26.3 Å². The van der Waals surface area contributed by atoms with Crippen LogP contribution in [0.3, 0.4) is 0 Å². The third-order valence-corrected chi connectivity index (χ3v) is 7.02. The van der Waals surface area contributed by atoms with Gasteiger partial charge < -0.3 is 5.32 Å². The van der Waals surface area contributed by atoms with Crippen LogP contribution in [-0.4, -0.2) is 44.4 Å². The van der Waals surface area contributed by atoms with E-state index in [2.05, 4.69) is 25.2 Å². The zero-order valence-corrected chi connectivity index (χ0v) is 20.6. The minimum atomic E-state index is -4.59. The first-order valence-electron chi connectivity index (χ1n) is 11.7. The van der Waals surface area contributed by atoms with E-state index < -0.39 is 23.5 Å². The number of benzene rings is 2. The van der Waals surface area contributed by atoms with Crippen molar-refractivity contribution >= 4 is 34.2 Å². The summed E-state index contributed by atoms with van der Waals surface area (Å²) < 4.78 is 79.8. The molecule has 1 aliphatic rings. The number of anilines is 2. The predicted octanol–water partition coefficient (Wildman–Crippen LogP) is 7.02. The number of hydrogen-bond acceptors (Lipinski definition) is 6. The minimum Gasteiger partial charge on any atom is -0.340 e. The highest BCUT2D eigenvalue weighted by Gasteiger charge is 2.34. The van der Waals surface area contributed by atoms with Gasteiger partial charge in [-0.1, -0.05) is 6.07 Å². The maximum Gasteiger partial charge on any atom is 0.418 e. The van der Waals surface area contributed by atoms with Crippen LogP contribution in [0.25, 0.3) is 22.2 Å². The highest BCUT2D eigenvalue weighted by atomic mass is 32.2. The fourth-order valence-corrected chi connectivity index (χ4v) is 5.17. The average molecular weight is 550 g/mol. The Morgan fingerprint density at radius 3 is 2.29 bits per heavy atom. The van der Waals surface area contributed by atoms with Crippen LogP contribution in [0.4, 0.5) is 37.8 Å². The van der Waals surface area contributed by atoms with E-state index >= 15 is 0 Å². The molecule has 12 heteroatoms. The quantitative estimate of drug-likeness (QED) is 0.270. The van der Waals surface area contributed by atoms with Crippen LogP contribution in [0, 0.1) is 0 Å². The molecule has 38 heavy (non-hydrogen) atoms. The van der Waals surface area contributed by atoms with Crippen molar-refractivity contribution < 1.29 is 26.3 Å². The first kappa shape index (κ1) is 26.2. The molecular formula is C26H21F6N5S. The van der Waals surface area contributed by atoms with E-state index in [1.807, 2.05) is 11.8 Å². The Morgan fingerprint density at radius 1 is 0.868 bits per heavy atom. The van der Waals surface area contributed by atoms with Gasteiger partial charge in [0, 0.05) is 47.4 Å². The van der Waals surface area contributed by atoms with E-state index in [0.717, 1.165) is 42.8 Å². The first-order valence-corrected chi connectivity index (χ1v) is 12.8. The summed E-state index contributed by atoms with van der Waals surface area (Å²) in [4.78, 5) is 15.4. The summed E-state index contributed by atoms with van der Waals surface area (Å²) in [5.41, 5.74) is -0.835. The largest absolute Gasteiger partial charge is 0.418 e. The number of nitrogens with zero attached hydrogens (tertiary/aromatic N) is 4. The lowest BCUT2D eigenvalue weighted by Gasteiger charge is -2.25. The lowest BCUT2D eigenvalue weighted by Crippen LogP contribution is -2.32. The van der Waals surface area contributed by atoms with Gasteiger partial charge in [-0.25, -0.2) is 9.97 Å². The number of hydrogen-bond donors (Lipinski definition) is 1. The molecule has 0 bridgehead atoms. The Hall–Kier alpha value is -3.38. The van der Waals surface area contributed by atoms with Gasteiger partial charge in [0.15, 0.2) is 0 Å². The third-order valence-electron chi connectivity index (χ3n) is 6.07. The summed E-state index contributed by atoms with van der Waals surface area (Å²) in [6.45, 7) is 2.12. The number of thioether (sulfide) groups is 1. The number of rotatable bonds is 5. The average Bonchev–Trinajstić information content (AvgIpc) is 2.88. The zero-order valence-electron chi connectivity index (χ0n) is 19.8. The first-order chi connectivity index (χ1) is 18.1. The fourth-order valence-electron chi connectivity index (χ4n) is 4.19. The molecule has 5 nitrogen and oxygen atoms in total. The minimum absolute atomic E-state index is 0.215. The molecule has 1 aliphatic heterocycles. The standard InChI is InChI=1S/C26H21F6N5S/c27-25(28,29)17-4-6-18(7-5-17)34-24-19-8-3-16(23-20(26(30,31)32)2-1-9-33-23)14-21(19)35-22(36-24)15-37-10-12-38-13-11-37/h1-9,14H,10-13,15H2,(H,34,35,36). The van der Waals surface area contributed by atoms with Crippen molar-refractivity contribution in [3.63, 3.8) is 0 Å². The molecule has 0 amide bonds. The second-order valence-electron chi connectivity index (χ2n) is 8.71. The normalized spacial score (nSPS) is 15.1. The fraction of sp³-hybridized carbons (Fsp3) is 0.269. The maximum absolute atomic E-state index is 13.6. The number of halogens is 6. The third kappa shape index (κ3) is 5.86. The highest BCUT2D eigenvalue weighted by molar-refractivity contribution is 7.99. The lowest BCUT2D eigenvalue weighted by molar-refractivity contribution is -0.138. The molecule has 1 saturated heterocycles. The number of pyridine rings is 1. The smallest absolute Gasteiger partial charge is 0.340 e. The predicted molar refractivity (Wildman–Crippen MR) is 135 cm³/mol. The molecule has 0 saturated carbocycles. The maximum atomic E-state index is 13.6. The van der Waals surface area contributed by atoms with E-state index in [1.54, 1.807) is 6.07 Å². The van der Waals surface area contributed by atoms with Gasteiger partial charge in [-0.15, -0.1) is 0 Å². The lowest BCUT2D eigenvalue weighted by atomic mass is 10.0. The molecule has 5 rings (SSSR count). The Kier molecular flexibility index (Phi) is 7.19. The number of nitrogens with one attached hydrogen (secondary N) is 1. The van der Waals surface area contributed by atoms with Crippen LogP contribution in [0.1, 0.15) is 17.0 Å². The summed E-state index contributed by atoms with van der Waals surface area (Å²) in [6.07, 6.45) is -7.75. The second kappa shape index (κ2) is 10.4. The molecule has 4 aromatic rings. The topological polar surface area (TPSA) is 53.9 Å². The second-order valence-corrected chi connectivity index (χ2v) is 9.93. The van der Waals surface area contributed by atoms with Crippen molar-refractivity contribution in [2.75, 3.05) is 29.9 Å². The van der Waals surface area contributed by atoms with E-state index in [-0.39, 0.29) is 11.3 Å². The Balaban J connectivity index is 1.57. The monoisotopic (exact) mass is 549 g/mol. The molecule has 3 heterocycles. The van der Waals surface area contributed by atoms with Gasteiger partial charge in [-0.2, -0.15) is 38.1 Å². The van der Waals surface area contributed by atoms with Crippen molar-refractivity contribution in [3.8, 4) is 11.3 Å². The van der Waals surface area contributed by atoms with Crippen molar-refractivity contribution in [2.24, 2.45) is 0 Å². The van der Waals surface area contributed by atoms with Crippen molar-refractivity contribution in [3.05, 3.63) is 77.7 Å². The molecule has 0 radical (unpaired) electrons. The van der Waals surface area contributed by atoms with Gasteiger partial charge in [-0.05, 0) is 48.5 Å². The van der Waals surface area contributed by atoms with Crippen LogP contribution in [0.5, 0.6) is 0 Å². The van der Waals surface area contributed by atoms with Gasteiger partial charge >= 0.3 is 12.4 Å². The molecule has 0 aliphatic carbocycles. The zero-order chi connectivity index (χ0) is 26.9. The summed E-state index contributed by atoms with van der Waals surface area (Å²) >= 11 is 1.85. The van der Waals surface area contributed by atoms with Gasteiger partial charge in [0.1, 0.15) is 11.6 Å². The SMILES string of the molecule is FC(F)(F)c1ccc(Nc2nc(CN3CCSCC3)nc3cc(-c4ncccc4C(F)(F)F)ccc23)cc1. The van der Waals surface area contributed by atoms with Crippen LogP contribution in [0.15, 0.2) is 60.8 Å². The van der Waals surface area contributed by atoms with E-state index in [0.29, 0.717) is 34.8 Å². The summed E-state index contributed by atoms with van der Waals surface area (Å²) in [5, 5.41) is 3.57. The van der Waals surface area contributed by atoms with Gasteiger partial charge in [0.2, 0.25) is 0 Å². The summed E-state index contributed by atoms with van der Waals surface area (Å²) in [5.74, 6) is 2.73. The molecule has 2 aromatic heterocycles. The molecule has 0 unspecified atom stereocenters. The number of fused-ring (bicyclic) bond motifs is 1. The molecule has 198 valence electrons. The summed E-state index contributed by atoms with van der Waals surface area (Å²) in [7, 11) is 0. The molecule has 1 fully saturated rings. The van der Waals surface area contributed by atoms with Crippen molar-refractivity contribution in [1.29, 1.82) is 0 Å². The van der Waals surface area contributed by atoms with Gasteiger partial charge in [0.25, 0.3) is 0 Å². The Bertz CT molecular complexity index is 1430. The van der Waals surface area contributed by atoms with Crippen LogP contribution >= 0.6 is 11.8 Å².